The molecule has 0 radical (unpaired) electrons. The Morgan fingerprint density at radius 3 is 2.47 bits per heavy atom. The van der Waals surface area contributed by atoms with E-state index in [4.69, 9.17) is 0 Å². The zero-order valence-electron chi connectivity index (χ0n) is 11.5. The summed E-state index contributed by atoms with van der Waals surface area (Å²) in [7, 11) is 0. The van der Waals surface area contributed by atoms with Crippen molar-refractivity contribution in [3.8, 4) is 0 Å². The molecule has 0 aliphatic heterocycles. The van der Waals surface area contributed by atoms with Crippen LogP contribution in [0.2, 0.25) is 0 Å². The Labute approximate surface area is 112 Å². The molecule has 0 saturated heterocycles. The summed E-state index contributed by atoms with van der Waals surface area (Å²) in [4.78, 5) is 11.0. The number of H-pyrrole nitrogens is 2. The first-order valence-electron chi connectivity index (χ1n) is 6.24. The monoisotopic (exact) mass is 260 g/mol. The van der Waals surface area contributed by atoms with E-state index in [1.807, 2.05) is 43.8 Å². The lowest BCUT2D eigenvalue weighted by Crippen LogP contribution is -1.97. The average molecular weight is 260 g/mol. The van der Waals surface area contributed by atoms with Crippen molar-refractivity contribution in [1.29, 1.82) is 0 Å². The second kappa shape index (κ2) is 8.68. The Morgan fingerprint density at radius 2 is 2.05 bits per heavy atom. The van der Waals surface area contributed by atoms with Crippen LogP contribution in [0.1, 0.15) is 25.4 Å². The second-order valence-corrected chi connectivity index (χ2v) is 3.51. The van der Waals surface area contributed by atoms with Gasteiger partial charge in [-0.15, -0.1) is 0 Å². The lowest BCUT2D eigenvalue weighted by molar-refractivity contribution is 0.755. The SMILES string of the molecule is CC.Cc1ccn[nH]1.c1cn(Cc2ncc[nH]2)cn1. The van der Waals surface area contributed by atoms with Crippen LogP contribution in [0.5, 0.6) is 0 Å². The highest BCUT2D eigenvalue weighted by Gasteiger charge is 1.93. The number of aromatic amines is 2. The van der Waals surface area contributed by atoms with Crippen LogP contribution in [-0.4, -0.2) is 29.7 Å². The Morgan fingerprint density at radius 1 is 1.21 bits per heavy atom. The maximum atomic E-state index is 4.09. The molecule has 19 heavy (non-hydrogen) atoms. The van der Waals surface area contributed by atoms with Crippen LogP contribution < -0.4 is 0 Å². The summed E-state index contributed by atoms with van der Waals surface area (Å²) < 4.78 is 1.96. The van der Waals surface area contributed by atoms with Crippen molar-refractivity contribution in [3.05, 3.63) is 54.9 Å². The summed E-state index contributed by atoms with van der Waals surface area (Å²) in [6, 6.07) is 1.92. The molecule has 2 N–H and O–H groups in total. The number of rotatable bonds is 2. The van der Waals surface area contributed by atoms with Gasteiger partial charge in [-0.2, -0.15) is 5.10 Å². The van der Waals surface area contributed by atoms with E-state index in [1.54, 1.807) is 24.9 Å². The number of hydrogen-bond donors (Lipinski definition) is 2. The Kier molecular flexibility index (Phi) is 6.71. The molecule has 0 unspecified atom stereocenters. The maximum Gasteiger partial charge on any atom is 0.126 e. The molecule has 6 nitrogen and oxygen atoms in total. The second-order valence-electron chi connectivity index (χ2n) is 3.51. The van der Waals surface area contributed by atoms with E-state index in [2.05, 4.69) is 25.1 Å². The third-order valence-electron chi connectivity index (χ3n) is 2.09. The van der Waals surface area contributed by atoms with Gasteiger partial charge in [-0.05, 0) is 13.0 Å². The van der Waals surface area contributed by atoms with Crippen LogP contribution >= 0.6 is 0 Å². The molecule has 0 atom stereocenters. The molecule has 0 bridgehead atoms. The van der Waals surface area contributed by atoms with Crippen LogP contribution in [0.25, 0.3) is 0 Å². The maximum absolute atomic E-state index is 4.09. The fraction of sp³-hybridized carbons (Fsp3) is 0.308. The Bertz CT molecular complexity index is 463. The smallest absolute Gasteiger partial charge is 0.126 e. The first kappa shape index (κ1) is 14.7. The fourth-order valence-corrected chi connectivity index (χ4v) is 1.26. The van der Waals surface area contributed by atoms with Gasteiger partial charge in [0.1, 0.15) is 5.82 Å². The third-order valence-corrected chi connectivity index (χ3v) is 2.09. The summed E-state index contributed by atoms with van der Waals surface area (Å²) in [5, 5.41) is 6.45. The minimum atomic E-state index is 0.757. The first-order valence-corrected chi connectivity index (χ1v) is 6.24. The van der Waals surface area contributed by atoms with E-state index in [-0.39, 0.29) is 0 Å². The third kappa shape index (κ3) is 5.67. The predicted octanol–water partition coefficient (Wildman–Crippen LogP) is 2.40. The van der Waals surface area contributed by atoms with Gasteiger partial charge in [0.05, 0.1) is 12.9 Å². The highest BCUT2D eigenvalue weighted by Crippen LogP contribution is 1.93. The van der Waals surface area contributed by atoms with E-state index in [9.17, 15) is 0 Å². The number of nitrogens with zero attached hydrogens (tertiary/aromatic N) is 4. The van der Waals surface area contributed by atoms with E-state index >= 15 is 0 Å². The topological polar surface area (TPSA) is 75.2 Å². The van der Waals surface area contributed by atoms with Gasteiger partial charge in [0.25, 0.3) is 0 Å². The summed E-state index contributed by atoms with van der Waals surface area (Å²) in [6.45, 7) is 6.72. The largest absolute Gasteiger partial charge is 0.347 e. The van der Waals surface area contributed by atoms with Crippen molar-refractivity contribution in [3.63, 3.8) is 0 Å². The standard InChI is InChI=1S/C7H8N4.C4H6N2.C2H6/c1-2-10-7(9-1)5-11-4-3-8-6-11;1-4-2-3-5-6-4;1-2/h1-4,6H,5H2,(H,9,10);2-3H,1H3,(H,5,6);1-2H3. The molecule has 3 aromatic rings. The molecule has 102 valence electrons. The fourth-order valence-electron chi connectivity index (χ4n) is 1.26. The van der Waals surface area contributed by atoms with Crippen LogP contribution in [0.15, 0.2) is 43.4 Å². The summed E-state index contributed by atoms with van der Waals surface area (Å²) >= 11 is 0. The van der Waals surface area contributed by atoms with Crippen LogP contribution in [0, 0.1) is 6.92 Å². The van der Waals surface area contributed by atoms with Crippen molar-refractivity contribution >= 4 is 0 Å². The first-order chi connectivity index (χ1) is 9.34. The highest BCUT2D eigenvalue weighted by molar-refractivity contribution is 4.92. The molecule has 0 amide bonds. The lowest BCUT2D eigenvalue weighted by Gasteiger charge is -1.95. The summed E-state index contributed by atoms with van der Waals surface area (Å²) in [5.74, 6) is 0.947. The molecular formula is C13H20N6. The van der Waals surface area contributed by atoms with Gasteiger partial charge in [0.15, 0.2) is 0 Å². The number of nitrogens with one attached hydrogen (secondary N) is 2. The average Bonchev–Trinajstić information content (AvgIpc) is 3.16. The van der Waals surface area contributed by atoms with Gasteiger partial charge in [-0.3, -0.25) is 5.10 Å². The molecule has 0 aromatic carbocycles. The van der Waals surface area contributed by atoms with Crippen molar-refractivity contribution in [1.82, 2.24) is 29.7 Å². The van der Waals surface area contributed by atoms with Gasteiger partial charge < -0.3 is 9.55 Å². The molecule has 3 rings (SSSR count). The van der Waals surface area contributed by atoms with E-state index in [0.717, 1.165) is 18.1 Å². The van der Waals surface area contributed by atoms with Crippen molar-refractivity contribution in [2.75, 3.05) is 0 Å². The zero-order valence-corrected chi connectivity index (χ0v) is 11.5. The molecule has 6 heteroatoms. The number of hydrogen-bond acceptors (Lipinski definition) is 3. The van der Waals surface area contributed by atoms with Gasteiger partial charge >= 0.3 is 0 Å². The van der Waals surface area contributed by atoms with Crippen molar-refractivity contribution in [2.24, 2.45) is 0 Å². The molecule has 3 heterocycles. The lowest BCUT2D eigenvalue weighted by atomic mass is 10.5. The molecule has 0 saturated carbocycles. The summed E-state index contributed by atoms with van der Waals surface area (Å²) in [6.07, 6.45) is 10.7. The zero-order chi connectivity index (χ0) is 13.9. The predicted molar refractivity (Wildman–Crippen MR) is 74.6 cm³/mol. The van der Waals surface area contributed by atoms with Gasteiger partial charge in [-0.1, -0.05) is 13.8 Å². The van der Waals surface area contributed by atoms with E-state index < -0.39 is 0 Å². The summed E-state index contributed by atoms with van der Waals surface area (Å²) in [5.41, 5.74) is 1.11. The van der Waals surface area contributed by atoms with Crippen molar-refractivity contribution < 1.29 is 0 Å². The Balaban J connectivity index is 0.000000192. The minimum absolute atomic E-state index is 0.757. The van der Waals surface area contributed by atoms with Gasteiger partial charge in [0.2, 0.25) is 0 Å². The normalized spacial score (nSPS) is 9.00. The van der Waals surface area contributed by atoms with E-state index in [0.29, 0.717) is 0 Å². The highest BCUT2D eigenvalue weighted by atomic mass is 15.1. The molecule has 0 spiro atoms. The van der Waals surface area contributed by atoms with Gasteiger partial charge in [0, 0.05) is 36.7 Å². The number of imidazole rings is 2. The van der Waals surface area contributed by atoms with Crippen LogP contribution in [0.4, 0.5) is 0 Å². The molecule has 0 fully saturated rings. The van der Waals surface area contributed by atoms with Crippen molar-refractivity contribution in [2.45, 2.75) is 27.3 Å². The molecule has 0 aliphatic rings. The molecule has 3 aromatic heterocycles. The van der Waals surface area contributed by atoms with E-state index in [1.165, 1.54) is 0 Å². The van der Waals surface area contributed by atoms with Crippen LogP contribution in [-0.2, 0) is 6.54 Å². The molecule has 0 aliphatic carbocycles. The Hall–Kier alpha value is -2.37. The minimum Gasteiger partial charge on any atom is -0.347 e. The quantitative estimate of drug-likeness (QED) is 0.743. The number of aromatic nitrogens is 6. The molecular weight excluding hydrogens is 240 g/mol. The van der Waals surface area contributed by atoms with Crippen LogP contribution in [0.3, 0.4) is 0 Å². The van der Waals surface area contributed by atoms with Gasteiger partial charge in [-0.25, -0.2) is 9.97 Å². The number of aryl methyl sites for hydroxylation is 1.